The van der Waals surface area contributed by atoms with Crippen LogP contribution < -0.4 is 0 Å². The number of amides is 2. The Morgan fingerprint density at radius 3 is 2.67 bits per heavy atom. The number of aliphatic hydroxyl groups is 1. The minimum absolute atomic E-state index is 0.0365. The van der Waals surface area contributed by atoms with Gasteiger partial charge in [0.05, 0.1) is 0 Å². The Labute approximate surface area is 126 Å². The summed E-state index contributed by atoms with van der Waals surface area (Å²) in [6, 6.07) is 0.0512. The van der Waals surface area contributed by atoms with E-state index in [9.17, 15) is 14.7 Å². The molecule has 0 saturated carbocycles. The molecule has 0 spiro atoms. The number of rotatable bonds is 2. The van der Waals surface area contributed by atoms with Crippen molar-refractivity contribution in [1.29, 1.82) is 0 Å². The summed E-state index contributed by atoms with van der Waals surface area (Å²) in [6.45, 7) is 7.40. The van der Waals surface area contributed by atoms with Crippen molar-refractivity contribution in [1.82, 2.24) is 9.80 Å². The third-order valence-electron chi connectivity index (χ3n) is 3.99. The first-order valence-corrected chi connectivity index (χ1v) is 7.68. The smallest absolute Gasteiger partial charge is 0.410 e. The van der Waals surface area contributed by atoms with Gasteiger partial charge in [-0.15, -0.1) is 0 Å². The Morgan fingerprint density at radius 1 is 1.38 bits per heavy atom. The largest absolute Gasteiger partial charge is 0.444 e. The Bertz CT molecular complexity index is 405. The topological polar surface area (TPSA) is 70.1 Å². The maximum atomic E-state index is 12.1. The van der Waals surface area contributed by atoms with Gasteiger partial charge in [-0.05, 0) is 33.6 Å². The third-order valence-corrected chi connectivity index (χ3v) is 3.99. The summed E-state index contributed by atoms with van der Waals surface area (Å²) in [5, 5.41) is 9.20. The Morgan fingerprint density at radius 2 is 2.10 bits per heavy atom. The van der Waals surface area contributed by atoms with Gasteiger partial charge in [0, 0.05) is 44.6 Å². The molecule has 0 aromatic rings. The summed E-state index contributed by atoms with van der Waals surface area (Å²) in [5.74, 6) is 0.125. The maximum absolute atomic E-state index is 12.1. The highest BCUT2D eigenvalue weighted by atomic mass is 16.6. The maximum Gasteiger partial charge on any atom is 0.410 e. The van der Waals surface area contributed by atoms with Crippen LogP contribution >= 0.6 is 0 Å². The second-order valence-electron chi connectivity index (χ2n) is 7.02. The lowest BCUT2D eigenvalue weighted by Gasteiger charge is -2.38. The fourth-order valence-corrected chi connectivity index (χ4v) is 2.99. The first-order valence-electron chi connectivity index (χ1n) is 7.68. The van der Waals surface area contributed by atoms with E-state index >= 15 is 0 Å². The van der Waals surface area contributed by atoms with Crippen LogP contribution in [0.15, 0.2) is 0 Å². The molecule has 0 radical (unpaired) electrons. The van der Waals surface area contributed by atoms with Crippen LogP contribution in [0.3, 0.4) is 0 Å². The zero-order chi connectivity index (χ0) is 15.6. The number of carbonyl (C=O) groups is 2. The first kappa shape index (κ1) is 16.1. The lowest BCUT2D eigenvalue weighted by atomic mass is 10.0. The third kappa shape index (κ3) is 4.09. The van der Waals surface area contributed by atoms with Crippen LogP contribution in [0.1, 0.15) is 40.0 Å². The summed E-state index contributed by atoms with van der Waals surface area (Å²) >= 11 is 0. The van der Waals surface area contributed by atoms with Crippen molar-refractivity contribution in [2.24, 2.45) is 5.92 Å². The van der Waals surface area contributed by atoms with E-state index < -0.39 is 5.60 Å². The molecule has 2 rings (SSSR count). The quantitative estimate of drug-likeness (QED) is 0.832. The SMILES string of the molecule is CC(C)(C)OC(=O)N1CCC[C@@H](N2CC(CO)CC2=O)C1. The van der Waals surface area contributed by atoms with Crippen molar-refractivity contribution in [2.75, 3.05) is 26.2 Å². The molecular formula is C15H26N2O4. The van der Waals surface area contributed by atoms with Gasteiger partial charge in [-0.1, -0.05) is 0 Å². The fourth-order valence-electron chi connectivity index (χ4n) is 2.99. The molecule has 21 heavy (non-hydrogen) atoms. The van der Waals surface area contributed by atoms with E-state index in [4.69, 9.17) is 4.74 Å². The van der Waals surface area contributed by atoms with Gasteiger partial charge in [-0.2, -0.15) is 0 Å². The molecule has 2 fully saturated rings. The van der Waals surface area contributed by atoms with Crippen molar-refractivity contribution >= 4 is 12.0 Å². The fraction of sp³-hybridized carbons (Fsp3) is 0.867. The van der Waals surface area contributed by atoms with E-state index in [0.717, 1.165) is 12.8 Å². The number of hydrogen-bond acceptors (Lipinski definition) is 4. The van der Waals surface area contributed by atoms with Crippen molar-refractivity contribution in [3.8, 4) is 0 Å². The van der Waals surface area contributed by atoms with E-state index in [-0.39, 0.29) is 30.6 Å². The van der Waals surface area contributed by atoms with Crippen LogP contribution in [0.2, 0.25) is 0 Å². The van der Waals surface area contributed by atoms with E-state index in [1.54, 1.807) is 4.90 Å². The molecule has 2 aliphatic rings. The van der Waals surface area contributed by atoms with E-state index in [1.807, 2.05) is 25.7 Å². The summed E-state index contributed by atoms with van der Waals surface area (Å²) in [6.07, 6.45) is 1.89. The van der Waals surface area contributed by atoms with Crippen molar-refractivity contribution < 1.29 is 19.4 Å². The first-order chi connectivity index (χ1) is 9.80. The van der Waals surface area contributed by atoms with Gasteiger partial charge < -0.3 is 19.6 Å². The molecule has 6 nitrogen and oxygen atoms in total. The number of piperidine rings is 1. The lowest BCUT2D eigenvalue weighted by Crippen LogP contribution is -2.51. The second kappa shape index (κ2) is 6.22. The molecule has 2 saturated heterocycles. The number of likely N-dealkylation sites (tertiary alicyclic amines) is 2. The molecule has 2 aliphatic heterocycles. The Kier molecular flexibility index (Phi) is 4.76. The Hall–Kier alpha value is -1.30. The lowest BCUT2D eigenvalue weighted by molar-refractivity contribution is -0.130. The van der Waals surface area contributed by atoms with Crippen LogP contribution in [0.4, 0.5) is 4.79 Å². The van der Waals surface area contributed by atoms with Gasteiger partial charge in [0.1, 0.15) is 5.60 Å². The Balaban J connectivity index is 1.95. The monoisotopic (exact) mass is 298 g/mol. The van der Waals surface area contributed by atoms with E-state index in [2.05, 4.69) is 0 Å². The van der Waals surface area contributed by atoms with Crippen molar-refractivity contribution in [3.63, 3.8) is 0 Å². The average Bonchev–Trinajstić information content (AvgIpc) is 2.78. The van der Waals surface area contributed by atoms with E-state index in [0.29, 0.717) is 26.1 Å². The molecule has 6 heteroatoms. The molecule has 2 amide bonds. The average molecular weight is 298 g/mol. The second-order valence-corrected chi connectivity index (χ2v) is 7.02. The molecule has 0 aromatic carbocycles. The highest BCUT2D eigenvalue weighted by molar-refractivity contribution is 5.79. The van der Waals surface area contributed by atoms with Crippen LogP contribution in [-0.2, 0) is 9.53 Å². The number of nitrogens with zero attached hydrogens (tertiary/aromatic N) is 2. The van der Waals surface area contributed by atoms with Gasteiger partial charge in [0.25, 0.3) is 0 Å². The zero-order valence-electron chi connectivity index (χ0n) is 13.2. The molecule has 2 heterocycles. The highest BCUT2D eigenvalue weighted by Gasteiger charge is 2.37. The summed E-state index contributed by atoms with van der Waals surface area (Å²) < 4.78 is 5.40. The molecule has 0 bridgehead atoms. The molecule has 1 N–H and O–H groups in total. The van der Waals surface area contributed by atoms with Gasteiger partial charge in [-0.3, -0.25) is 4.79 Å². The summed E-state index contributed by atoms with van der Waals surface area (Å²) in [7, 11) is 0. The minimum Gasteiger partial charge on any atom is -0.444 e. The molecule has 1 unspecified atom stereocenters. The van der Waals surface area contributed by atoms with Gasteiger partial charge >= 0.3 is 6.09 Å². The molecule has 120 valence electrons. The molecule has 2 atom stereocenters. The van der Waals surface area contributed by atoms with Crippen LogP contribution in [0, 0.1) is 5.92 Å². The predicted octanol–water partition coefficient (Wildman–Crippen LogP) is 1.23. The number of aliphatic hydroxyl groups excluding tert-OH is 1. The van der Waals surface area contributed by atoms with Crippen molar-refractivity contribution in [3.05, 3.63) is 0 Å². The van der Waals surface area contributed by atoms with Crippen LogP contribution in [-0.4, -0.2) is 64.8 Å². The number of ether oxygens (including phenoxy) is 1. The molecule has 0 aromatic heterocycles. The summed E-state index contributed by atoms with van der Waals surface area (Å²) in [4.78, 5) is 27.7. The molecule has 0 aliphatic carbocycles. The summed E-state index contributed by atoms with van der Waals surface area (Å²) in [5.41, 5.74) is -0.504. The number of hydrogen-bond donors (Lipinski definition) is 1. The van der Waals surface area contributed by atoms with Crippen molar-refractivity contribution in [2.45, 2.75) is 51.7 Å². The van der Waals surface area contributed by atoms with Crippen LogP contribution in [0.5, 0.6) is 0 Å². The van der Waals surface area contributed by atoms with Crippen LogP contribution in [0.25, 0.3) is 0 Å². The predicted molar refractivity (Wildman–Crippen MR) is 77.7 cm³/mol. The van der Waals surface area contributed by atoms with Gasteiger partial charge in [-0.25, -0.2) is 4.79 Å². The molecular weight excluding hydrogens is 272 g/mol. The van der Waals surface area contributed by atoms with Gasteiger partial charge in [0.15, 0.2) is 0 Å². The zero-order valence-corrected chi connectivity index (χ0v) is 13.2. The standard InChI is InChI=1S/C15H26N2O4/c1-15(2,3)21-14(20)16-6-4-5-12(9-16)17-8-11(10-18)7-13(17)19/h11-12,18H,4-10H2,1-3H3/t11?,12-/m1/s1. The highest BCUT2D eigenvalue weighted by Crippen LogP contribution is 2.25. The van der Waals surface area contributed by atoms with E-state index in [1.165, 1.54) is 0 Å². The minimum atomic E-state index is -0.504. The van der Waals surface area contributed by atoms with Gasteiger partial charge in [0.2, 0.25) is 5.91 Å². The number of carbonyl (C=O) groups excluding carboxylic acids is 2. The normalized spacial score (nSPS) is 27.1.